The second-order valence-corrected chi connectivity index (χ2v) is 7.81. The molecule has 0 aliphatic heterocycles. The fourth-order valence-corrected chi connectivity index (χ4v) is 3.33. The van der Waals surface area contributed by atoms with Gasteiger partial charge in [-0.2, -0.15) is 0 Å². The van der Waals surface area contributed by atoms with Gasteiger partial charge in [-0.15, -0.1) is 0 Å². The number of ketones is 1. The molecule has 1 N–H and O–H groups in total. The van der Waals surface area contributed by atoms with Crippen molar-refractivity contribution < 1.29 is 4.79 Å². The highest BCUT2D eigenvalue weighted by Gasteiger charge is 2.18. The van der Waals surface area contributed by atoms with Crippen LogP contribution in [0.5, 0.6) is 0 Å². The summed E-state index contributed by atoms with van der Waals surface area (Å²) in [6.07, 6.45) is 0.415. The fourth-order valence-electron chi connectivity index (χ4n) is 3.33. The molecule has 0 aliphatic rings. The van der Waals surface area contributed by atoms with Gasteiger partial charge in [0, 0.05) is 17.7 Å². The van der Waals surface area contributed by atoms with Gasteiger partial charge in [-0.25, -0.2) is 0 Å². The minimum atomic E-state index is -0.0731. The standard InChI is InChI=1S/C26H29NO/c1-18(2)21-11-13-22(14-12-21)25(17-26(28)23-8-6-5-7-9-23)27-24-15-10-19(3)20(4)16-24/h5-16,18,25,27H,17H2,1-4H3. The number of hydrogen-bond acceptors (Lipinski definition) is 2. The van der Waals surface area contributed by atoms with Gasteiger partial charge in [0.1, 0.15) is 0 Å². The van der Waals surface area contributed by atoms with E-state index in [1.54, 1.807) is 0 Å². The van der Waals surface area contributed by atoms with Crippen LogP contribution in [0.25, 0.3) is 0 Å². The van der Waals surface area contributed by atoms with Crippen molar-refractivity contribution in [3.63, 3.8) is 0 Å². The maximum Gasteiger partial charge on any atom is 0.165 e. The third-order valence-corrected chi connectivity index (χ3v) is 5.34. The molecule has 0 aromatic heterocycles. The minimum absolute atomic E-state index is 0.0731. The summed E-state index contributed by atoms with van der Waals surface area (Å²) in [4.78, 5) is 12.9. The van der Waals surface area contributed by atoms with Gasteiger partial charge in [0.15, 0.2) is 5.78 Å². The van der Waals surface area contributed by atoms with Gasteiger partial charge < -0.3 is 5.32 Å². The minimum Gasteiger partial charge on any atom is -0.378 e. The number of carbonyl (C=O) groups is 1. The highest BCUT2D eigenvalue weighted by Crippen LogP contribution is 2.27. The molecule has 3 aromatic carbocycles. The van der Waals surface area contributed by atoms with Crippen LogP contribution in [0.15, 0.2) is 72.8 Å². The average Bonchev–Trinajstić information content (AvgIpc) is 2.71. The van der Waals surface area contributed by atoms with Crippen LogP contribution in [-0.2, 0) is 0 Å². The van der Waals surface area contributed by atoms with Gasteiger partial charge in [0.05, 0.1) is 6.04 Å². The predicted octanol–water partition coefficient (Wildman–Crippen LogP) is 6.85. The number of benzene rings is 3. The highest BCUT2D eigenvalue weighted by atomic mass is 16.1. The Bertz CT molecular complexity index is 926. The van der Waals surface area contributed by atoms with Gasteiger partial charge >= 0.3 is 0 Å². The Morgan fingerprint density at radius 2 is 1.46 bits per heavy atom. The normalized spacial score (nSPS) is 12.0. The first-order valence-corrected chi connectivity index (χ1v) is 9.96. The highest BCUT2D eigenvalue weighted by molar-refractivity contribution is 5.96. The Morgan fingerprint density at radius 3 is 2.07 bits per heavy atom. The molecule has 3 rings (SSSR count). The maximum absolute atomic E-state index is 12.9. The molecule has 0 spiro atoms. The quantitative estimate of drug-likeness (QED) is 0.460. The lowest BCUT2D eigenvalue weighted by Gasteiger charge is -2.21. The Labute approximate surface area is 168 Å². The first-order chi connectivity index (χ1) is 13.4. The van der Waals surface area contributed by atoms with E-state index >= 15 is 0 Å². The molecule has 0 radical (unpaired) electrons. The van der Waals surface area contributed by atoms with E-state index < -0.39 is 0 Å². The monoisotopic (exact) mass is 371 g/mol. The molecule has 0 aliphatic carbocycles. The van der Waals surface area contributed by atoms with E-state index in [2.05, 4.69) is 75.5 Å². The van der Waals surface area contributed by atoms with E-state index in [9.17, 15) is 4.79 Å². The molecule has 0 bridgehead atoms. The van der Waals surface area contributed by atoms with Crippen LogP contribution in [0.2, 0.25) is 0 Å². The van der Waals surface area contributed by atoms with Gasteiger partial charge in [-0.1, -0.05) is 74.5 Å². The van der Waals surface area contributed by atoms with Crippen LogP contribution in [0.3, 0.4) is 0 Å². The van der Waals surface area contributed by atoms with Crippen molar-refractivity contribution in [2.45, 2.75) is 46.1 Å². The SMILES string of the molecule is Cc1ccc(NC(CC(=O)c2ccccc2)c2ccc(C(C)C)cc2)cc1C. The van der Waals surface area contributed by atoms with Crippen LogP contribution >= 0.6 is 0 Å². The fraction of sp³-hybridized carbons (Fsp3) is 0.269. The smallest absolute Gasteiger partial charge is 0.165 e. The van der Waals surface area contributed by atoms with E-state index in [4.69, 9.17) is 0 Å². The summed E-state index contributed by atoms with van der Waals surface area (Å²) in [7, 11) is 0. The largest absolute Gasteiger partial charge is 0.378 e. The molecular formula is C26H29NO. The first kappa shape index (κ1) is 19.9. The lowest BCUT2D eigenvalue weighted by molar-refractivity contribution is 0.0976. The molecule has 1 unspecified atom stereocenters. The molecule has 0 amide bonds. The number of rotatable bonds is 7. The lowest BCUT2D eigenvalue weighted by Crippen LogP contribution is -2.16. The third-order valence-electron chi connectivity index (χ3n) is 5.34. The van der Waals surface area contributed by atoms with Gasteiger partial charge in [0.25, 0.3) is 0 Å². The number of carbonyl (C=O) groups excluding carboxylic acids is 1. The Kier molecular flexibility index (Phi) is 6.30. The van der Waals surface area contributed by atoms with Gasteiger partial charge in [-0.3, -0.25) is 4.79 Å². The zero-order chi connectivity index (χ0) is 20.1. The second-order valence-electron chi connectivity index (χ2n) is 7.81. The van der Waals surface area contributed by atoms with Crippen LogP contribution in [-0.4, -0.2) is 5.78 Å². The van der Waals surface area contributed by atoms with Crippen molar-refractivity contribution in [3.8, 4) is 0 Å². The van der Waals surface area contributed by atoms with Gasteiger partial charge in [0.2, 0.25) is 0 Å². The van der Waals surface area contributed by atoms with Crippen molar-refractivity contribution in [1.82, 2.24) is 0 Å². The first-order valence-electron chi connectivity index (χ1n) is 9.96. The van der Waals surface area contributed by atoms with Crippen molar-refractivity contribution in [3.05, 3.63) is 101 Å². The van der Waals surface area contributed by atoms with Crippen LogP contribution in [0.4, 0.5) is 5.69 Å². The Hall–Kier alpha value is -2.87. The molecule has 0 fully saturated rings. The lowest BCUT2D eigenvalue weighted by atomic mass is 9.94. The van der Waals surface area contributed by atoms with Crippen LogP contribution < -0.4 is 5.32 Å². The molecular weight excluding hydrogens is 342 g/mol. The number of anilines is 1. The molecule has 144 valence electrons. The van der Waals surface area contributed by atoms with E-state index in [1.807, 2.05) is 30.3 Å². The van der Waals surface area contributed by atoms with E-state index in [0.717, 1.165) is 16.8 Å². The summed E-state index contributed by atoms with van der Waals surface area (Å²) < 4.78 is 0. The number of aryl methyl sites for hydroxylation is 2. The number of nitrogens with one attached hydrogen (secondary N) is 1. The second kappa shape index (κ2) is 8.88. The molecule has 3 aromatic rings. The molecule has 2 heteroatoms. The van der Waals surface area contributed by atoms with E-state index in [1.165, 1.54) is 16.7 Å². The summed E-state index contributed by atoms with van der Waals surface area (Å²) in [6, 6.07) is 24.4. The maximum atomic E-state index is 12.9. The summed E-state index contributed by atoms with van der Waals surface area (Å²) in [5.41, 5.74) is 6.75. The molecule has 0 saturated heterocycles. The number of Topliss-reactive ketones (excluding diaryl/α,β-unsaturated/α-hetero) is 1. The third kappa shape index (κ3) is 4.89. The topological polar surface area (TPSA) is 29.1 Å². The Balaban J connectivity index is 1.88. The van der Waals surface area contributed by atoms with Crippen molar-refractivity contribution in [1.29, 1.82) is 0 Å². The number of hydrogen-bond donors (Lipinski definition) is 1. The van der Waals surface area contributed by atoms with E-state index in [-0.39, 0.29) is 11.8 Å². The molecule has 0 heterocycles. The average molecular weight is 372 g/mol. The zero-order valence-electron chi connectivity index (χ0n) is 17.2. The molecule has 1 atom stereocenters. The van der Waals surface area contributed by atoms with Crippen LogP contribution in [0, 0.1) is 13.8 Å². The Morgan fingerprint density at radius 1 is 0.821 bits per heavy atom. The summed E-state index contributed by atoms with van der Waals surface area (Å²) >= 11 is 0. The van der Waals surface area contributed by atoms with Crippen molar-refractivity contribution in [2.24, 2.45) is 0 Å². The van der Waals surface area contributed by atoms with Crippen molar-refractivity contribution in [2.75, 3.05) is 5.32 Å². The molecule has 0 saturated carbocycles. The van der Waals surface area contributed by atoms with Crippen molar-refractivity contribution >= 4 is 11.5 Å². The summed E-state index contributed by atoms with van der Waals surface area (Å²) in [6.45, 7) is 8.61. The molecule has 28 heavy (non-hydrogen) atoms. The van der Waals surface area contributed by atoms with E-state index in [0.29, 0.717) is 12.3 Å². The zero-order valence-corrected chi connectivity index (χ0v) is 17.2. The van der Waals surface area contributed by atoms with Gasteiger partial charge in [-0.05, 0) is 54.2 Å². The summed E-state index contributed by atoms with van der Waals surface area (Å²) in [5.74, 6) is 0.640. The van der Waals surface area contributed by atoms with Crippen LogP contribution in [0.1, 0.15) is 64.8 Å². The molecule has 2 nitrogen and oxygen atoms in total. The predicted molar refractivity (Wildman–Crippen MR) is 118 cm³/mol. The summed E-state index contributed by atoms with van der Waals surface area (Å²) in [5, 5.41) is 3.59.